The van der Waals surface area contributed by atoms with Gasteiger partial charge in [0.05, 0.1) is 6.61 Å². The molecule has 0 unspecified atom stereocenters. The van der Waals surface area contributed by atoms with Crippen LogP contribution in [0.3, 0.4) is 0 Å². The van der Waals surface area contributed by atoms with E-state index in [9.17, 15) is 0 Å². The van der Waals surface area contributed by atoms with Gasteiger partial charge in [0.15, 0.2) is 0 Å². The quantitative estimate of drug-likeness (QED) is 0.831. The highest BCUT2D eigenvalue weighted by Crippen LogP contribution is 2.24. The lowest BCUT2D eigenvalue weighted by molar-refractivity contribution is 0.299. The monoisotopic (exact) mass is 242 g/mol. The van der Waals surface area contributed by atoms with Gasteiger partial charge >= 0.3 is 0 Å². The molecule has 0 radical (unpaired) electrons. The summed E-state index contributed by atoms with van der Waals surface area (Å²) in [7, 11) is 0. The third-order valence-corrected chi connectivity index (χ3v) is 2.90. The number of halogens is 1. The SMILES string of the molecule is CC(C)N(CCO)c1ccc(CN)c(Cl)c1. The first-order chi connectivity index (χ1) is 7.60. The maximum Gasteiger partial charge on any atom is 0.0606 e. The van der Waals surface area contributed by atoms with E-state index < -0.39 is 0 Å². The molecular formula is C12H19ClN2O. The fourth-order valence-corrected chi connectivity index (χ4v) is 1.93. The highest BCUT2D eigenvalue weighted by atomic mass is 35.5. The van der Waals surface area contributed by atoms with Crippen molar-refractivity contribution in [1.29, 1.82) is 0 Å². The van der Waals surface area contributed by atoms with Crippen molar-refractivity contribution in [2.45, 2.75) is 26.4 Å². The molecule has 1 aromatic carbocycles. The number of aliphatic hydroxyl groups excluding tert-OH is 1. The van der Waals surface area contributed by atoms with Gasteiger partial charge in [0, 0.05) is 29.8 Å². The van der Waals surface area contributed by atoms with E-state index in [0.29, 0.717) is 24.2 Å². The lowest BCUT2D eigenvalue weighted by atomic mass is 10.1. The normalized spacial score (nSPS) is 10.9. The minimum Gasteiger partial charge on any atom is -0.395 e. The van der Waals surface area contributed by atoms with Crippen molar-refractivity contribution >= 4 is 17.3 Å². The first-order valence-electron chi connectivity index (χ1n) is 5.46. The molecule has 0 aliphatic heterocycles. The molecule has 0 spiro atoms. The minimum absolute atomic E-state index is 0.133. The lowest BCUT2D eigenvalue weighted by Gasteiger charge is -2.28. The molecule has 16 heavy (non-hydrogen) atoms. The molecule has 0 aliphatic rings. The summed E-state index contributed by atoms with van der Waals surface area (Å²) in [6.07, 6.45) is 0. The smallest absolute Gasteiger partial charge is 0.0606 e. The van der Waals surface area contributed by atoms with Crippen molar-refractivity contribution < 1.29 is 5.11 Å². The van der Waals surface area contributed by atoms with Gasteiger partial charge in [0.25, 0.3) is 0 Å². The third kappa shape index (κ3) is 3.11. The minimum atomic E-state index is 0.133. The highest BCUT2D eigenvalue weighted by molar-refractivity contribution is 6.31. The van der Waals surface area contributed by atoms with Crippen LogP contribution >= 0.6 is 11.6 Å². The van der Waals surface area contributed by atoms with Gasteiger partial charge in [-0.2, -0.15) is 0 Å². The second-order valence-corrected chi connectivity index (χ2v) is 4.40. The van der Waals surface area contributed by atoms with E-state index in [1.54, 1.807) is 0 Å². The van der Waals surface area contributed by atoms with E-state index in [0.717, 1.165) is 11.3 Å². The van der Waals surface area contributed by atoms with Crippen LogP contribution in [0.4, 0.5) is 5.69 Å². The number of aliphatic hydroxyl groups is 1. The number of hydrogen-bond donors (Lipinski definition) is 2. The highest BCUT2D eigenvalue weighted by Gasteiger charge is 2.11. The zero-order valence-electron chi connectivity index (χ0n) is 9.78. The predicted octanol–water partition coefficient (Wildman–Crippen LogP) is 2.01. The molecule has 0 saturated heterocycles. The molecule has 0 bridgehead atoms. The Kier molecular flexibility index (Phi) is 5.06. The van der Waals surface area contributed by atoms with Crippen LogP contribution in [0.5, 0.6) is 0 Å². The fourth-order valence-electron chi connectivity index (χ4n) is 1.67. The first-order valence-corrected chi connectivity index (χ1v) is 5.84. The molecule has 0 aromatic heterocycles. The van der Waals surface area contributed by atoms with Crippen LogP contribution in [0, 0.1) is 0 Å². The Hall–Kier alpha value is -0.770. The average molecular weight is 243 g/mol. The van der Waals surface area contributed by atoms with Crippen molar-refractivity contribution in [3.8, 4) is 0 Å². The van der Waals surface area contributed by atoms with Crippen LogP contribution < -0.4 is 10.6 Å². The predicted molar refractivity (Wildman–Crippen MR) is 68.9 cm³/mol. The standard InChI is InChI=1S/C12H19ClN2O/c1-9(2)15(5-6-16)11-4-3-10(8-14)12(13)7-11/h3-4,7,9,16H,5-6,8,14H2,1-2H3. The van der Waals surface area contributed by atoms with Gasteiger partial charge in [-0.05, 0) is 31.5 Å². The summed E-state index contributed by atoms with van der Waals surface area (Å²) in [6, 6.07) is 6.15. The average Bonchev–Trinajstić information content (AvgIpc) is 2.25. The van der Waals surface area contributed by atoms with Crippen LogP contribution in [0.2, 0.25) is 5.02 Å². The van der Waals surface area contributed by atoms with E-state index >= 15 is 0 Å². The van der Waals surface area contributed by atoms with E-state index in [-0.39, 0.29) is 6.61 Å². The topological polar surface area (TPSA) is 49.5 Å². The van der Waals surface area contributed by atoms with Crippen LogP contribution in [0.1, 0.15) is 19.4 Å². The van der Waals surface area contributed by atoms with Gasteiger partial charge in [-0.25, -0.2) is 0 Å². The Morgan fingerprint density at radius 2 is 2.12 bits per heavy atom. The molecule has 0 atom stereocenters. The maximum atomic E-state index is 9.02. The zero-order valence-corrected chi connectivity index (χ0v) is 10.5. The third-order valence-electron chi connectivity index (χ3n) is 2.55. The Labute approximate surface area is 102 Å². The summed E-state index contributed by atoms with van der Waals surface area (Å²) in [5.41, 5.74) is 7.52. The van der Waals surface area contributed by atoms with Crippen LogP contribution in [-0.4, -0.2) is 24.3 Å². The summed E-state index contributed by atoms with van der Waals surface area (Å²) < 4.78 is 0. The Morgan fingerprint density at radius 3 is 2.56 bits per heavy atom. The van der Waals surface area contributed by atoms with Crippen LogP contribution in [-0.2, 0) is 6.54 Å². The van der Waals surface area contributed by atoms with E-state index in [4.69, 9.17) is 22.4 Å². The van der Waals surface area contributed by atoms with Crippen molar-refractivity contribution in [2.75, 3.05) is 18.1 Å². The second-order valence-electron chi connectivity index (χ2n) is 3.99. The summed E-state index contributed by atoms with van der Waals surface area (Å²) in [5.74, 6) is 0. The summed E-state index contributed by atoms with van der Waals surface area (Å²) in [5, 5.41) is 9.71. The first kappa shape index (κ1) is 13.3. The molecule has 0 heterocycles. The van der Waals surface area contributed by atoms with Gasteiger partial charge in [-0.1, -0.05) is 17.7 Å². The van der Waals surface area contributed by atoms with Gasteiger partial charge in [-0.3, -0.25) is 0 Å². The summed E-state index contributed by atoms with van der Waals surface area (Å²) >= 11 is 6.11. The molecule has 0 aliphatic carbocycles. The maximum absolute atomic E-state index is 9.02. The van der Waals surface area contributed by atoms with Crippen LogP contribution in [0.25, 0.3) is 0 Å². The molecule has 1 aromatic rings. The molecule has 4 heteroatoms. The summed E-state index contributed by atoms with van der Waals surface area (Å²) in [4.78, 5) is 2.10. The van der Waals surface area contributed by atoms with Crippen molar-refractivity contribution in [1.82, 2.24) is 0 Å². The van der Waals surface area contributed by atoms with Crippen molar-refractivity contribution in [3.05, 3.63) is 28.8 Å². The molecule has 1 rings (SSSR count). The number of rotatable bonds is 5. The lowest BCUT2D eigenvalue weighted by Crippen LogP contribution is -2.33. The Balaban J connectivity index is 2.97. The van der Waals surface area contributed by atoms with E-state index in [2.05, 4.69) is 18.7 Å². The number of nitrogens with two attached hydrogens (primary N) is 1. The number of benzene rings is 1. The van der Waals surface area contributed by atoms with Gasteiger partial charge in [0.1, 0.15) is 0 Å². The van der Waals surface area contributed by atoms with Crippen molar-refractivity contribution in [3.63, 3.8) is 0 Å². The molecule has 3 N–H and O–H groups in total. The number of hydrogen-bond acceptors (Lipinski definition) is 3. The van der Waals surface area contributed by atoms with E-state index in [1.165, 1.54) is 0 Å². The fraction of sp³-hybridized carbons (Fsp3) is 0.500. The largest absolute Gasteiger partial charge is 0.395 e. The Bertz CT molecular complexity index is 342. The van der Waals surface area contributed by atoms with Crippen molar-refractivity contribution in [2.24, 2.45) is 5.73 Å². The van der Waals surface area contributed by atoms with Gasteiger partial charge < -0.3 is 15.7 Å². The molecule has 0 fully saturated rings. The number of anilines is 1. The second kappa shape index (κ2) is 6.09. The molecular weight excluding hydrogens is 224 g/mol. The van der Waals surface area contributed by atoms with Crippen LogP contribution in [0.15, 0.2) is 18.2 Å². The van der Waals surface area contributed by atoms with E-state index in [1.807, 2.05) is 18.2 Å². The van der Waals surface area contributed by atoms with Gasteiger partial charge in [0.2, 0.25) is 0 Å². The molecule has 3 nitrogen and oxygen atoms in total. The summed E-state index contributed by atoms with van der Waals surface area (Å²) in [6.45, 7) is 5.35. The molecule has 90 valence electrons. The number of nitrogens with zero attached hydrogens (tertiary/aromatic N) is 1. The molecule has 0 amide bonds. The van der Waals surface area contributed by atoms with Gasteiger partial charge in [-0.15, -0.1) is 0 Å². The molecule has 0 saturated carbocycles. The zero-order chi connectivity index (χ0) is 12.1. The Morgan fingerprint density at radius 1 is 1.44 bits per heavy atom.